The molecule has 0 aliphatic carbocycles. The van der Waals surface area contributed by atoms with E-state index >= 15 is 0 Å². The van der Waals surface area contributed by atoms with Crippen molar-refractivity contribution >= 4 is 11.8 Å². The van der Waals surface area contributed by atoms with Gasteiger partial charge in [-0.1, -0.05) is 38.1 Å². The highest BCUT2D eigenvalue weighted by atomic mass is 16.2. The fourth-order valence-corrected chi connectivity index (χ4v) is 2.12. The summed E-state index contributed by atoms with van der Waals surface area (Å²) in [4.78, 5) is 27.4. The second-order valence-electron chi connectivity index (χ2n) is 6.17. The Labute approximate surface area is 146 Å². The second-order valence-corrected chi connectivity index (χ2v) is 6.17. The number of nitrogens with one attached hydrogen (secondary N) is 2. The van der Waals surface area contributed by atoms with Gasteiger partial charge in [-0.05, 0) is 17.0 Å². The molecule has 0 radical (unpaired) electrons. The van der Waals surface area contributed by atoms with E-state index in [4.69, 9.17) is 5.73 Å². The van der Waals surface area contributed by atoms with Crippen molar-refractivity contribution in [3.05, 3.63) is 48.0 Å². The molecular weight excluding hydrogens is 320 g/mol. The maximum absolute atomic E-state index is 11.8. The van der Waals surface area contributed by atoms with Gasteiger partial charge < -0.3 is 16.4 Å². The van der Waals surface area contributed by atoms with Crippen molar-refractivity contribution in [1.82, 2.24) is 25.4 Å². The highest BCUT2D eigenvalue weighted by Gasteiger charge is 2.17. The van der Waals surface area contributed by atoms with Gasteiger partial charge in [0.1, 0.15) is 12.7 Å². The number of aromatic nitrogens is 3. The summed E-state index contributed by atoms with van der Waals surface area (Å²) >= 11 is 0. The molecule has 1 aromatic heterocycles. The fraction of sp³-hybridized carbons (Fsp3) is 0.412. The van der Waals surface area contributed by atoms with E-state index in [9.17, 15) is 9.59 Å². The van der Waals surface area contributed by atoms with Crippen molar-refractivity contribution in [1.29, 1.82) is 0 Å². The molecule has 4 N–H and O–H groups in total. The minimum Gasteiger partial charge on any atom is -0.350 e. The van der Waals surface area contributed by atoms with Gasteiger partial charge in [-0.25, -0.2) is 9.67 Å². The third-order valence-corrected chi connectivity index (χ3v) is 3.77. The lowest BCUT2D eigenvalue weighted by Crippen LogP contribution is -2.47. The molecule has 0 aliphatic heterocycles. The van der Waals surface area contributed by atoms with Crippen LogP contribution in [0.1, 0.15) is 25.0 Å². The molecule has 0 saturated carbocycles. The molecule has 0 unspecified atom stereocenters. The normalized spacial score (nSPS) is 12.0. The quantitative estimate of drug-likeness (QED) is 0.625. The van der Waals surface area contributed by atoms with Gasteiger partial charge in [0.15, 0.2) is 0 Å². The molecule has 134 valence electrons. The van der Waals surface area contributed by atoms with E-state index in [1.807, 2.05) is 38.1 Å². The van der Waals surface area contributed by atoms with Crippen molar-refractivity contribution in [2.24, 2.45) is 11.7 Å². The van der Waals surface area contributed by atoms with E-state index in [1.165, 1.54) is 6.33 Å². The van der Waals surface area contributed by atoms with E-state index in [1.54, 1.807) is 11.0 Å². The molecule has 25 heavy (non-hydrogen) atoms. The van der Waals surface area contributed by atoms with Crippen LogP contribution in [0.3, 0.4) is 0 Å². The smallest absolute Gasteiger partial charge is 0.239 e. The molecule has 1 atom stereocenters. The molecule has 2 amide bonds. The number of hydrogen-bond donors (Lipinski definition) is 3. The fourth-order valence-electron chi connectivity index (χ4n) is 2.12. The van der Waals surface area contributed by atoms with Gasteiger partial charge in [0, 0.05) is 6.54 Å². The van der Waals surface area contributed by atoms with Crippen LogP contribution in [0.15, 0.2) is 36.9 Å². The van der Waals surface area contributed by atoms with Crippen LogP contribution in [-0.4, -0.2) is 39.2 Å². The Morgan fingerprint density at radius 2 is 1.84 bits per heavy atom. The van der Waals surface area contributed by atoms with Crippen LogP contribution in [0.25, 0.3) is 0 Å². The first kappa shape index (κ1) is 18.6. The summed E-state index contributed by atoms with van der Waals surface area (Å²) in [5.74, 6) is -0.544. The van der Waals surface area contributed by atoms with Crippen LogP contribution in [0, 0.1) is 5.92 Å². The molecule has 1 heterocycles. The first-order chi connectivity index (χ1) is 12.0. The van der Waals surface area contributed by atoms with Crippen molar-refractivity contribution in [3.8, 4) is 0 Å². The number of nitrogens with two attached hydrogens (primary N) is 1. The SMILES string of the molecule is CC(C)[C@H](N)C(=O)NCC(=O)NCc1ccc(Cn2cncn2)cc1. The number of carbonyl (C=O) groups is 2. The van der Waals surface area contributed by atoms with Crippen LogP contribution < -0.4 is 16.4 Å². The third kappa shape index (κ3) is 6.00. The Kier molecular flexibility index (Phi) is 6.64. The summed E-state index contributed by atoms with van der Waals surface area (Å²) in [5.41, 5.74) is 7.79. The van der Waals surface area contributed by atoms with E-state index < -0.39 is 6.04 Å². The largest absolute Gasteiger partial charge is 0.350 e. The minimum absolute atomic E-state index is 0.0269. The zero-order chi connectivity index (χ0) is 18.2. The van der Waals surface area contributed by atoms with E-state index in [-0.39, 0.29) is 24.3 Å². The van der Waals surface area contributed by atoms with Gasteiger partial charge in [0.05, 0.1) is 19.1 Å². The Hall–Kier alpha value is -2.74. The van der Waals surface area contributed by atoms with E-state index in [0.717, 1.165) is 11.1 Å². The molecule has 8 nitrogen and oxygen atoms in total. The van der Waals surface area contributed by atoms with Gasteiger partial charge in [-0.3, -0.25) is 9.59 Å². The number of hydrogen-bond acceptors (Lipinski definition) is 5. The molecule has 2 rings (SSSR count). The molecule has 0 bridgehead atoms. The first-order valence-corrected chi connectivity index (χ1v) is 8.16. The number of amides is 2. The van der Waals surface area contributed by atoms with Gasteiger partial charge in [0.2, 0.25) is 11.8 Å². The Balaban J connectivity index is 1.73. The maximum Gasteiger partial charge on any atom is 0.239 e. The Morgan fingerprint density at radius 3 is 2.44 bits per heavy atom. The monoisotopic (exact) mass is 344 g/mol. The van der Waals surface area contributed by atoms with Crippen LogP contribution in [-0.2, 0) is 22.7 Å². The summed E-state index contributed by atoms with van der Waals surface area (Å²) in [6.07, 6.45) is 3.16. The Bertz CT molecular complexity index is 682. The lowest BCUT2D eigenvalue weighted by Gasteiger charge is -2.15. The van der Waals surface area contributed by atoms with Gasteiger partial charge in [-0.2, -0.15) is 5.10 Å². The van der Waals surface area contributed by atoms with Crippen molar-refractivity contribution in [2.45, 2.75) is 33.0 Å². The standard InChI is InChI=1S/C17H24N6O2/c1-12(2)16(18)17(25)21-8-15(24)20-7-13-3-5-14(6-4-13)9-23-11-19-10-22-23/h3-6,10-12,16H,7-9,18H2,1-2H3,(H,20,24)(H,21,25)/t16-/m0/s1. The van der Waals surface area contributed by atoms with Crippen LogP contribution in [0.4, 0.5) is 0 Å². The molecule has 0 fully saturated rings. The summed E-state index contributed by atoms with van der Waals surface area (Å²) in [6.45, 7) is 4.68. The predicted octanol–water partition coefficient (Wildman–Crippen LogP) is 0.0421. The van der Waals surface area contributed by atoms with E-state index in [2.05, 4.69) is 20.7 Å². The van der Waals surface area contributed by atoms with Crippen molar-refractivity contribution < 1.29 is 9.59 Å². The second kappa shape index (κ2) is 8.93. The van der Waals surface area contributed by atoms with Crippen LogP contribution in [0.5, 0.6) is 0 Å². The van der Waals surface area contributed by atoms with Crippen LogP contribution in [0.2, 0.25) is 0 Å². The van der Waals surface area contributed by atoms with Crippen LogP contribution >= 0.6 is 0 Å². The number of benzene rings is 1. The highest BCUT2D eigenvalue weighted by Crippen LogP contribution is 2.05. The number of rotatable bonds is 8. The predicted molar refractivity (Wildman–Crippen MR) is 93.2 cm³/mol. The van der Waals surface area contributed by atoms with Gasteiger partial charge >= 0.3 is 0 Å². The summed E-state index contributed by atoms with van der Waals surface area (Å²) < 4.78 is 1.74. The molecule has 2 aromatic rings. The molecule has 0 spiro atoms. The molecule has 0 saturated heterocycles. The average molecular weight is 344 g/mol. The zero-order valence-corrected chi connectivity index (χ0v) is 14.5. The summed E-state index contributed by atoms with van der Waals surface area (Å²) in [6, 6.07) is 7.24. The van der Waals surface area contributed by atoms with E-state index in [0.29, 0.717) is 13.1 Å². The third-order valence-electron chi connectivity index (χ3n) is 3.77. The lowest BCUT2D eigenvalue weighted by atomic mass is 10.1. The number of carbonyl (C=O) groups excluding carboxylic acids is 2. The first-order valence-electron chi connectivity index (χ1n) is 8.16. The lowest BCUT2D eigenvalue weighted by molar-refractivity contribution is -0.127. The average Bonchev–Trinajstić information content (AvgIpc) is 3.11. The van der Waals surface area contributed by atoms with Gasteiger partial charge in [-0.15, -0.1) is 0 Å². The van der Waals surface area contributed by atoms with Crippen molar-refractivity contribution in [2.75, 3.05) is 6.54 Å². The Morgan fingerprint density at radius 1 is 1.16 bits per heavy atom. The minimum atomic E-state index is -0.606. The summed E-state index contributed by atoms with van der Waals surface area (Å²) in [7, 11) is 0. The summed E-state index contributed by atoms with van der Waals surface area (Å²) in [5, 5.41) is 9.36. The van der Waals surface area contributed by atoms with Gasteiger partial charge in [0.25, 0.3) is 0 Å². The zero-order valence-electron chi connectivity index (χ0n) is 14.5. The molecule has 0 aliphatic rings. The number of nitrogens with zero attached hydrogens (tertiary/aromatic N) is 3. The molecule has 8 heteroatoms. The molecule has 1 aromatic carbocycles. The highest BCUT2D eigenvalue weighted by molar-refractivity contribution is 5.87. The molecular formula is C17H24N6O2. The maximum atomic E-state index is 11.8. The van der Waals surface area contributed by atoms with Crippen molar-refractivity contribution in [3.63, 3.8) is 0 Å². The topological polar surface area (TPSA) is 115 Å².